The highest BCUT2D eigenvalue weighted by atomic mass is 79.9. The van der Waals surface area contributed by atoms with Gasteiger partial charge in [-0.25, -0.2) is 0 Å². The van der Waals surface area contributed by atoms with Crippen molar-refractivity contribution in [1.29, 1.82) is 0 Å². The Morgan fingerprint density at radius 3 is 2.80 bits per heavy atom. The zero-order chi connectivity index (χ0) is 12.5. The van der Waals surface area contributed by atoms with Gasteiger partial charge in [0.2, 0.25) is 0 Å². The molecule has 2 atom stereocenters. The Morgan fingerprint density at radius 1 is 1.30 bits per heavy atom. The van der Waals surface area contributed by atoms with Crippen LogP contribution in [-0.2, 0) is 0 Å². The maximum Gasteiger partial charge on any atom is 0.255 e. The third-order valence-corrected chi connectivity index (χ3v) is 4.38. The van der Waals surface area contributed by atoms with E-state index in [1.165, 1.54) is 0 Å². The molecule has 0 bridgehead atoms. The minimum Gasteiger partial charge on any atom is -0.338 e. The lowest BCUT2D eigenvalue weighted by Gasteiger charge is -2.34. The molecule has 1 aromatic rings. The first kappa shape index (κ1) is 17.7. The van der Waals surface area contributed by atoms with Gasteiger partial charge in [-0.15, -0.1) is 24.8 Å². The van der Waals surface area contributed by atoms with E-state index in [2.05, 4.69) is 26.2 Å². The smallest absolute Gasteiger partial charge is 0.255 e. The fourth-order valence-corrected chi connectivity index (χ4v) is 3.30. The minimum atomic E-state index is 0. The predicted octanol–water partition coefficient (Wildman–Crippen LogP) is 2.37. The second kappa shape index (κ2) is 7.59. The maximum atomic E-state index is 12.4. The first-order valence-corrected chi connectivity index (χ1v) is 7.14. The van der Waals surface area contributed by atoms with Gasteiger partial charge in [0.15, 0.2) is 0 Å². The molecule has 1 N–H and O–H groups in total. The Balaban J connectivity index is 0.000001000. The Bertz CT molecular complexity index is 475. The van der Waals surface area contributed by atoms with Crippen molar-refractivity contribution in [3.05, 3.63) is 28.5 Å². The van der Waals surface area contributed by atoms with E-state index in [4.69, 9.17) is 0 Å². The molecular weight excluding hydrogens is 365 g/mol. The molecule has 0 aromatic carbocycles. The monoisotopic (exact) mass is 381 g/mol. The summed E-state index contributed by atoms with van der Waals surface area (Å²) in [4.78, 5) is 18.4. The van der Waals surface area contributed by atoms with Crippen LogP contribution in [0.5, 0.6) is 0 Å². The molecule has 2 saturated heterocycles. The molecule has 0 aliphatic carbocycles. The van der Waals surface area contributed by atoms with Crippen LogP contribution >= 0.6 is 40.7 Å². The third-order valence-electron chi connectivity index (χ3n) is 3.94. The van der Waals surface area contributed by atoms with Gasteiger partial charge in [0.1, 0.15) is 0 Å². The van der Waals surface area contributed by atoms with Crippen LogP contribution in [0.25, 0.3) is 0 Å². The number of nitrogens with zero attached hydrogens (tertiary/aromatic N) is 2. The van der Waals surface area contributed by atoms with Crippen LogP contribution in [0, 0.1) is 11.8 Å². The lowest BCUT2D eigenvalue weighted by Crippen LogP contribution is -2.43. The summed E-state index contributed by atoms with van der Waals surface area (Å²) < 4.78 is 0.853. The van der Waals surface area contributed by atoms with E-state index in [1.807, 2.05) is 11.0 Å². The van der Waals surface area contributed by atoms with Gasteiger partial charge >= 0.3 is 0 Å². The molecule has 0 saturated carbocycles. The largest absolute Gasteiger partial charge is 0.338 e. The zero-order valence-corrected chi connectivity index (χ0v) is 14.1. The molecule has 2 aliphatic heterocycles. The molecule has 0 radical (unpaired) electrons. The van der Waals surface area contributed by atoms with E-state index < -0.39 is 0 Å². The molecule has 7 heteroatoms. The standard InChI is InChI=1S/C13H16BrN3O.2ClH/c14-12-3-10(5-16-7-12)13(18)17-2-1-9-4-15-6-11(9)8-17;;/h3,5,7,9,11,15H,1-2,4,6,8H2;2*1H. The van der Waals surface area contributed by atoms with Crippen LogP contribution in [0.2, 0.25) is 0 Å². The highest BCUT2D eigenvalue weighted by Crippen LogP contribution is 2.27. The topological polar surface area (TPSA) is 45.2 Å². The van der Waals surface area contributed by atoms with Crippen molar-refractivity contribution in [3.8, 4) is 0 Å². The average Bonchev–Trinajstić information content (AvgIpc) is 2.85. The van der Waals surface area contributed by atoms with Crippen molar-refractivity contribution in [3.63, 3.8) is 0 Å². The summed E-state index contributed by atoms with van der Waals surface area (Å²) >= 11 is 3.36. The summed E-state index contributed by atoms with van der Waals surface area (Å²) in [6.07, 6.45) is 4.46. The molecule has 3 rings (SSSR count). The van der Waals surface area contributed by atoms with E-state index in [1.54, 1.807) is 12.4 Å². The summed E-state index contributed by atoms with van der Waals surface area (Å²) in [5, 5.41) is 3.41. The van der Waals surface area contributed by atoms with Crippen LogP contribution < -0.4 is 5.32 Å². The quantitative estimate of drug-likeness (QED) is 0.810. The molecule has 1 amide bonds. The Labute approximate surface area is 139 Å². The molecule has 0 spiro atoms. The number of hydrogen-bond donors (Lipinski definition) is 1. The van der Waals surface area contributed by atoms with Gasteiger partial charge in [0, 0.05) is 30.0 Å². The van der Waals surface area contributed by atoms with Gasteiger partial charge in [-0.2, -0.15) is 0 Å². The highest BCUT2D eigenvalue weighted by molar-refractivity contribution is 9.10. The molecule has 1 aromatic heterocycles. The maximum absolute atomic E-state index is 12.4. The summed E-state index contributed by atoms with van der Waals surface area (Å²) in [6.45, 7) is 3.91. The van der Waals surface area contributed by atoms with Gasteiger partial charge in [0.25, 0.3) is 5.91 Å². The molecule has 3 heterocycles. The minimum absolute atomic E-state index is 0. The number of halogens is 3. The number of carbonyl (C=O) groups is 1. The number of nitrogens with one attached hydrogen (secondary N) is 1. The normalized spacial score (nSPS) is 24.4. The van der Waals surface area contributed by atoms with Gasteiger partial charge in [0.05, 0.1) is 5.56 Å². The van der Waals surface area contributed by atoms with Crippen molar-refractivity contribution < 1.29 is 4.79 Å². The highest BCUT2D eigenvalue weighted by Gasteiger charge is 2.34. The predicted molar refractivity (Wildman–Crippen MR) is 86.8 cm³/mol. The number of hydrogen-bond acceptors (Lipinski definition) is 3. The van der Waals surface area contributed by atoms with Crippen LogP contribution in [0.4, 0.5) is 0 Å². The van der Waals surface area contributed by atoms with Crippen LogP contribution in [0.3, 0.4) is 0 Å². The number of aromatic nitrogens is 1. The second-order valence-electron chi connectivity index (χ2n) is 5.11. The first-order chi connectivity index (χ1) is 8.74. The van der Waals surface area contributed by atoms with E-state index >= 15 is 0 Å². The van der Waals surface area contributed by atoms with Gasteiger partial charge < -0.3 is 10.2 Å². The molecule has 2 unspecified atom stereocenters. The SMILES string of the molecule is Cl.Cl.O=C(c1cncc(Br)c1)N1CCC2CNCC2C1. The lowest BCUT2D eigenvalue weighted by atomic mass is 9.88. The molecular formula is C13H18BrCl2N3O. The van der Waals surface area contributed by atoms with Crippen LogP contribution in [0.1, 0.15) is 16.8 Å². The van der Waals surface area contributed by atoms with Gasteiger partial charge in [-0.1, -0.05) is 0 Å². The average molecular weight is 383 g/mol. The molecule has 4 nitrogen and oxygen atoms in total. The van der Waals surface area contributed by atoms with Crippen LogP contribution in [0.15, 0.2) is 22.9 Å². The van der Waals surface area contributed by atoms with E-state index in [-0.39, 0.29) is 30.7 Å². The van der Waals surface area contributed by atoms with Gasteiger partial charge in [-0.3, -0.25) is 9.78 Å². The van der Waals surface area contributed by atoms with Crippen molar-refractivity contribution in [2.75, 3.05) is 26.2 Å². The summed E-state index contributed by atoms with van der Waals surface area (Å²) in [5.41, 5.74) is 0.675. The van der Waals surface area contributed by atoms with Gasteiger partial charge in [-0.05, 0) is 53.3 Å². The second-order valence-corrected chi connectivity index (χ2v) is 6.03. The van der Waals surface area contributed by atoms with Crippen molar-refractivity contribution in [2.45, 2.75) is 6.42 Å². The lowest BCUT2D eigenvalue weighted by molar-refractivity contribution is 0.0642. The van der Waals surface area contributed by atoms with Crippen LogP contribution in [-0.4, -0.2) is 42.0 Å². The number of piperidine rings is 1. The Morgan fingerprint density at radius 2 is 2.05 bits per heavy atom. The fourth-order valence-electron chi connectivity index (χ4n) is 2.93. The summed E-state index contributed by atoms with van der Waals surface area (Å²) in [5.74, 6) is 1.49. The zero-order valence-electron chi connectivity index (χ0n) is 10.9. The number of carbonyl (C=O) groups excluding carboxylic acids is 1. The first-order valence-electron chi connectivity index (χ1n) is 6.34. The molecule has 20 heavy (non-hydrogen) atoms. The molecule has 2 fully saturated rings. The third kappa shape index (κ3) is 3.64. The number of amides is 1. The fraction of sp³-hybridized carbons (Fsp3) is 0.538. The Hall–Kier alpha value is -0.360. The number of rotatable bonds is 1. The van der Waals surface area contributed by atoms with Crippen molar-refractivity contribution in [1.82, 2.24) is 15.2 Å². The summed E-state index contributed by atoms with van der Waals surface area (Å²) in [7, 11) is 0. The number of pyridine rings is 1. The molecule has 112 valence electrons. The van der Waals surface area contributed by atoms with E-state index in [0.29, 0.717) is 11.5 Å². The van der Waals surface area contributed by atoms with E-state index in [9.17, 15) is 4.79 Å². The van der Waals surface area contributed by atoms with Crippen molar-refractivity contribution >= 4 is 46.7 Å². The molecule has 2 aliphatic rings. The number of fused-ring (bicyclic) bond motifs is 1. The Kier molecular flexibility index (Phi) is 6.72. The van der Waals surface area contributed by atoms with Crippen molar-refractivity contribution in [2.24, 2.45) is 11.8 Å². The van der Waals surface area contributed by atoms with E-state index in [0.717, 1.165) is 43.0 Å². The summed E-state index contributed by atoms with van der Waals surface area (Å²) in [6, 6.07) is 1.84. The number of likely N-dealkylation sites (tertiary alicyclic amines) is 1.